The molecule has 4 heteroatoms. The summed E-state index contributed by atoms with van der Waals surface area (Å²) in [4.78, 5) is 0. The Labute approximate surface area is 203 Å². The van der Waals surface area contributed by atoms with E-state index in [1.165, 1.54) is 103 Å². The molecule has 0 bridgehead atoms. The first kappa shape index (κ1) is 32.0. The van der Waals surface area contributed by atoms with E-state index in [0.29, 0.717) is 0 Å². The molecule has 0 spiro atoms. The zero-order chi connectivity index (χ0) is 24.1. The monoisotopic (exact) mass is 473 g/mol. The van der Waals surface area contributed by atoms with Crippen molar-refractivity contribution in [3.8, 4) is 0 Å². The van der Waals surface area contributed by atoms with Crippen LogP contribution in [0.15, 0.2) is 0 Å². The third kappa shape index (κ3) is 21.8. The highest BCUT2D eigenvalue weighted by Crippen LogP contribution is 2.39. The minimum Gasteiger partial charge on any atom is -0.113 e. The average molecular weight is 474 g/mol. The highest BCUT2D eigenvalue weighted by molar-refractivity contribution is 7.33. The lowest BCUT2D eigenvalue weighted by Gasteiger charge is -2.20. The summed E-state index contributed by atoms with van der Waals surface area (Å²) in [7, 11) is -2.08. The molecule has 0 amide bonds. The lowest BCUT2D eigenvalue weighted by atomic mass is 9.99. The number of hydrogen-bond acceptors (Lipinski definition) is 3. The second kappa shape index (κ2) is 20.4. The molecule has 0 aliphatic rings. The van der Waals surface area contributed by atoms with Crippen molar-refractivity contribution in [1.82, 2.24) is 0 Å². The first-order valence-corrected chi connectivity index (χ1v) is 15.2. The summed E-state index contributed by atoms with van der Waals surface area (Å²) in [6, 6.07) is 0. The van der Waals surface area contributed by atoms with Crippen LogP contribution in [0, 0.1) is 0 Å². The third-order valence-corrected chi connectivity index (χ3v) is 7.69. The van der Waals surface area contributed by atoms with Crippen molar-refractivity contribution < 1.29 is 13.6 Å². The van der Waals surface area contributed by atoms with Gasteiger partial charge in [-0.3, -0.25) is 0 Å². The Morgan fingerprint density at radius 3 is 1.00 bits per heavy atom. The first-order chi connectivity index (χ1) is 15.2. The van der Waals surface area contributed by atoms with Crippen LogP contribution in [0.5, 0.6) is 0 Å². The minimum absolute atomic E-state index is 0.386. The van der Waals surface area contributed by atoms with Crippen LogP contribution in [0.2, 0.25) is 0 Å². The van der Waals surface area contributed by atoms with Crippen LogP contribution in [0.1, 0.15) is 170 Å². The average Bonchev–Trinajstić information content (AvgIpc) is 2.70. The molecule has 0 unspecified atom stereocenters. The van der Waals surface area contributed by atoms with Gasteiger partial charge >= 0.3 is 8.25 Å². The molecule has 0 saturated heterocycles. The second-order valence-electron chi connectivity index (χ2n) is 11.1. The zero-order valence-corrected chi connectivity index (χ0v) is 23.7. The van der Waals surface area contributed by atoms with Gasteiger partial charge in [0, 0.05) is 4.57 Å². The van der Waals surface area contributed by atoms with Gasteiger partial charge in [-0.15, -0.1) is 9.05 Å². The van der Waals surface area contributed by atoms with Crippen molar-refractivity contribution in [1.29, 1.82) is 0 Å². The molecule has 0 atom stereocenters. The van der Waals surface area contributed by atoms with E-state index in [4.69, 9.17) is 9.05 Å². The van der Waals surface area contributed by atoms with Gasteiger partial charge in [-0.1, -0.05) is 129 Å². The highest BCUT2D eigenvalue weighted by Gasteiger charge is 2.39. The standard InChI is InChI=1S/C28H58O3P/c1-7-9-11-13-15-17-19-21-23-25-27(3,4)30-32(29)31-28(5,6)26-24-22-20-18-16-14-12-10-8-2/h7-26H2,1-6H3/q+1. The number of unbranched alkanes of at least 4 members (excludes halogenated alkanes) is 16. The van der Waals surface area contributed by atoms with E-state index in [0.717, 1.165) is 25.7 Å². The van der Waals surface area contributed by atoms with Gasteiger partial charge in [-0.05, 0) is 40.5 Å². The molecule has 32 heavy (non-hydrogen) atoms. The largest absolute Gasteiger partial charge is 0.698 e. The van der Waals surface area contributed by atoms with Crippen LogP contribution in [0.3, 0.4) is 0 Å². The van der Waals surface area contributed by atoms with Crippen LogP contribution >= 0.6 is 8.25 Å². The fourth-order valence-electron chi connectivity index (χ4n) is 4.24. The zero-order valence-electron chi connectivity index (χ0n) is 22.8. The molecule has 0 fully saturated rings. The Balaban J connectivity index is 3.82. The normalized spacial score (nSPS) is 12.4. The molecular formula is C28H58O3P+. The van der Waals surface area contributed by atoms with Crippen molar-refractivity contribution in [2.45, 2.75) is 181 Å². The molecule has 0 N–H and O–H groups in total. The molecule has 0 aromatic rings. The van der Waals surface area contributed by atoms with Crippen LogP contribution in [-0.4, -0.2) is 11.2 Å². The fraction of sp³-hybridized carbons (Fsp3) is 1.00. The summed E-state index contributed by atoms with van der Waals surface area (Å²) >= 11 is 0. The van der Waals surface area contributed by atoms with Gasteiger partial charge in [0.25, 0.3) is 0 Å². The van der Waals surface area contributed by atoms with E-state index >= 15 is 0 Å². The maximum absolute atomic E-state index is 12.5. The smallest absolute Gasteiger partial charge is 0.113 e. The predicted octanol–water partition coefficient (Wildman–Crippen LogP) is 11.1. The second-order valence-corrected chi connectivity index (χ2v) is 11.9. The van der Waals surface area contributed by atoms with E-state index in [1.54, 1.807) is 0 Å². The molecule has 0 heterocycles. The summed E-state index contributed by atoms with van der Waals surface area (Å²) < 4.78 is 24.1. The van der Waals surface area contributed by atoms with E-state index < -0.39 is 8.25 Å². The number of hydrogen-bond donors (Lipinski definition) is 0. The minimum atomic E-state index is -2.08. The molecule has 0 saturated carbocycles. The first-order valence-electron chi connectivity index (χ1n) is 14.1. The van der Waals surface area contributed by atoms with Crippen LogP contribution in [0.25, 0.3) is 0 Å². The summed E-state index contributed by atoms with van der Waals surface area (Å²) in [5.74, 6) is 0. The van der Waals surface area contributed by atoms with E-state index in [9.17, 15) is 4.57 Å². The van der Waals surface area contributed by atoms with Gasteiger partial charge in [0.1, 0.15) is 11.2 Å². The molecule has 0 aliphatic heterocycles. The van der Waals surface area contributed by atoms with Gasteiger partial charge in [-0.2, -0.15) is 0 Å². The van der Waals surface area contributed by atoms with E-state index in [1.807, 2.05) is 27.7 Å². The quantitative estimate of drug-likeness (QED) is 0.103. The topological polar surface area (TPSA) is 35.5 Å². The molecule has 0 aromatic heterocycles. The SMILES string of the molecule is CCCCCCCCCCCC(C)(C)O[P+](=O)OC(C)(C)CCCCCCCCCCC. The number of rotatable bonds is 24. The van der Waals surface area contributed by atoms with Gasteiger partial charge in [0.2, 0.25) is 0 Å². The summed E-state index contributed by atoms with van der Waals surface area (Å²) in [5, 5.41) is 0. The Bertz CT molecular complexity index is 396. The Kier molecular flexibility index (Phi) is 20.4. The molecule has 3 nitrogen and oxygen atoms in total. The molecule has 0 aliphatic carbocycles. The van der Waals surface area contributed by atoms with Gasteiger partial charge in [0.15, 0.2) is 0 Å². The highest BCUT2D eigenvalue weighted by atomic mass is 31.1. The van der Waals surface area contributed by atoms with Gasteiger partial charge in [0.05, 0.1) is 0 Å². The predicted molar refractivity (Wildman–Crippen MR) is 142 cm³/mol. The lowest BCUT2D eigenvalue weighted by Crippen LogP contribution is -2.25. The molecular weight excluding hydrogens is 415 g/mol. The van der Waals surface area contributed by atoms with E-state index in [2.05, 4.69) is 13.8 Å². The van der Waals surface area contributed by atoms with Crippen molar-refractivity contribution in [2.75, 3.05) is 0 Å². The molecule has 192 valence electrons. The van der Waals surface area contributed by atoms with Crippen LogP contribution < -0.4 is 0 Å². The molecule has 0 rings (SSSR count). The fourth-order valence-corrected chi connectivity index (χ4v) is 5.26. The molecule has 0 radical (unpaired) electrons. The van der Waals surface area contributed by atoms with Gasteiger partial charge in [-0.25, -0.2) is 0 Å². The third-order valence-electron chi connectivity index (χ3n) is 6.41. The maximum atomic E-state index is 12.5. The van der Waals surface area contributed by atoms with Crippen LogP contribution in [-0.2, 0) is 13.6 Å². The Morgan fingerprint density at radius 2 is 0.719 bits per heavy atom. The summed E-state index contributed by atoms with van der Waals surface area (Å²) in [6.07, 6.45) is 25.6. The van der Waals surface area contributed by atoms with Crippen molar-refractivity contribution in [2.24, 2.45) is 0 Å². The summed E-state index contributed by atoms with van der Waals surface area (Å²) in [5.41, 5.74) is -0.773. The van der Waals surface area contributed by atoms with E-state index in [-0.39, 0.29) is 11.2 Å². The van der Waals surface area contributed by atoms with Crippen molar-refractivity contribution >= 4 is 8.25 Å². The Hall–Kier alpha value is 0.0200. The van der Waals surface area contributed by atoms with Gasteiger partial charge < -0.3 is 0 Å². The van der Waals surface area contributed by atoms with Crippen molar-refractivity contribution in [3.63, 3.8) is 0 Å². The molecule has 0 aromatic carbocycles. The lowest BCUT2D eigenvalue weighted by molar-refractivity contribution is 0.0350. The Morgan fingerprint density at radius 1 is 0.469 bits per heavy atom. The van der Waals surface area contributed by atoms with Crippen molar-refractivity contribution in [3.05, 3.63) is 0 Å². The summed E-state index contributed by atoms with van der Waals surface area (Å²) in [6.45, 7) is 12.7. The van der Waals surface area contributed by atoms with Crippen LogP contribution in [0.4, 0.5) is 0 Å². The maximum Gasteiger partial charge on any atom is 0.698 e.